The molecule has 0 saturated heterocycles. The molecule has 3 aromatic rings. The van der Waals surface area contributed by atoms with E-state index in [1.165, 1.54) is 18.4 Å². The molecule has 0 unspecified atom stereocenters. The first kappa shape index (κ1) is 14.3. The summed E-state index contributed by atoms with van der Waals surface area (Å²) in [7, 11) is 1.54. The molecule has 0 aliphatic heterocycles. The number of ether oxygens (including phenoxy) is 2. The van der Waals surface area contributed by atoms with Crippen LogP contribution >= 0.6 is 11.3 Å². The predicted molar refractivity (Wildman–Crippen MR) is 82.5 cm³/mol. The Bertz CT molecular complexity index is 764. The van der Waals surface area contributed by atoms with Crippen molar-refractivity contribution in [2.75, 3.05) is 7.11 Å². The van der Waals surface area contributed by atoms with Crippen molar-refractivity contribution in [1.29, 1.82) is 0 Å². The maximum atomic E-state index is 10.8. The fourth-order valence-electron chi connectivity index (χ4n) is 1.92. The number of carbonyl (C=O) groups is 1. The third kappa shape index (κ3) is 3.01. The van der Waals surface area contributed by atoms with E-state index in [-0.39, 0.29) is 0 Å². The summed E-state index contributed by atoms with van der Waals surface area (Å²) in [5, 5.41) is 2.73. The van der Waals surface area contributed by atoms with Gasteiger partial charge in [-0.15, -0.1) is 11.3 Å². The number of furan rings is 1. The molecule has 0 radical (unpaired) electrons. The highest BCUT2D eigenvalue weighted by molar-refractivity contribution is 7.13. The molecule has 0 amide bonds. The van der Waals surface area contributed by atoms with Crippen molar-refractivity contribution >= 4 is 17.6 Å². The highest BCUT2D eigenvalue weighted by atomic mass is 32.1. The molecule has 0 saturated carbocycles. The van der Waals surface area contributed by atoms with Crippen LogP contribution in [0.3, 0.4) is 0 Å². The molecule has 0 N–H and O–H groups in total. The number of carbonyl (C=O) groups excluding carboxylic acids is 1. The highest BCUT2D eigenvalue weighted by Gasteiger charge is 2.10. The molecule has 22 heavy (non-hydrogen) atoms. The summed E-state index contributed by atoms with van der Waals surface area (Å²) in [6.45, 7) is 0.313. The molecule has 0 fully saturated rings. The zero-order valence-electron chi connectivity index (χ0n) is 11.8. The molecule has 2 heterocycles. The van der Waals surface area contributed by atoms with E-state index in [4.69, 9.17) is 13.9 Å². The van der Waals surface area contributed by atoms with Gasteiger partial charge in [0.2, 0.25) is 0 Å². The molecule has 112 valence electrons. The predicted octanol–water partition coefficient (Wildman–Crippen LogP) is 3.80. The Hall–Kier alpha value is -2.60. The van der Waals surface area contributed by atoms with Gasteiger partial charge in [0.15, 0.2) is 22.3 Å². The van der Waals surface area contributed by atoms with Crippen LogP contribution in [-0.2, 0) is 6.61 Å². The lowest BCUT2D eigenvalue weighted by Gasteiger charge is -2.09. The van der Waals surface area contributed by atoms with E-state index >= 15 is 0 Å². The Kier molecular flexibility index (Phi) is 4.20. The number of hydrogen-bond acceptors (Lipinski definition) is 6. The molecular formula is C16H13NO4S. The number of hydrogen-bond donors (Lipinski definition) is 0. The van der Waals surface area contributed by atoms with Crippen LogP contribution in [0, 0.1) is 0 Å². The first-order valence-corrected chi connectivity index (χ1v) is 7.42. The van der Waals surface area contributed by atoms with Crippen molar-refractivity contribution in [2.45, 2.75) is 6.61 Å². The van der Waals surface area contributed by atoms with Gasteiger partial charge >= 0.3 is 0 Å². The van der Waals surface area contributed by atoms with Crippen LogP contribution in [0.25, 0.3) is 10.8 Å². The molecule has 0 atom stereocenters. The highest BCUT2D eigenvalue weighted by Crippen LogP contribution is 2.29. The Morgan fingerprint density at radius 2 is 2.23 bits per heavy atom. The fourth-order valence-corrected chi connectivity index (χ4v) is 2.69. The van der Waals surface area contributed by atoms with Crippen molar-refractivity contribution in [2.24, 2.45) is 0 Å². The van der Waals surface area contributed by atoms with Crippen molar-refractivity contribution in [1.82, 2.24) is 4.98 Å². The number of aldehydes is 1. The van der Waals surface area contributed by atoms with Crippen molar-refractivity contribution in [3.8, 4) is 22.3 Å². The first-order chi connectivity index (χ1) is 10.8. The quantitative estimate of drug-likeness (QED) is 0.647. The lowest BCUT2D eigenvalue weighted by atomic mass is 10.2. The number of aromatic nitrogens is 1. The van der Waals surface area contributed by atoms with Gasteiger partial charge in [0.05, 0.1) is 19.1 Å². The molecule has 0 bridgehead atoms. The zero-order chi connectivity index (χ0) is 15.4. The van der Waals surface area contributed by atoms with E-state index in [0.29, 0.717) is 23.7 Å². The maximum Gasteiger partial charge on any atom is 0.162 e. The second-order valence-corrected chi connectivity index (χ2v) is 5.30. The number of methoxy groups -OCH3 is 1. The number of rotatable bonds is 6. The number of thiazole rings is 1. The smallest absolute Gasteiger partial charge is 0.162 e. The second kappa shape index (κ2) is 6.44. The SMILES string of the molecule is COc1cc(C=O)ccc1OCc1csc(-c2ccco2)n1. The molecule has 0 spiro atoms. The van der Waals surface area contributed by atoms with Gasteiger partial charge in [-0.3, -0.25) is 4.79 Å². The summed E-state index contributed by atoms with van der Waals surface area (Å²) >= 11 is 1.50. The molecular weight excluding hydrogens is 302 g/mol. The molecule has 0 aliphatic carbocycles. The summed E-state index contributed by atoms with van der Waals surface area (Å²) < 4.78 is 16.3. The van der Waals surface area contributed by atoms with Crippen molar-refractivity contribution in [3.63, 3.8) is 0 Å². The fraction of sp³-hybridized carbons (Fsp3) is 0.125. The topological polar surface area (TPSA) is 61.6 Å². The van der Waals surface area contributed by atoms with E-state index in [9.17, 15) is 4.79 Å². The van der Waals surface area contributed by atoms with Gasteiger partial charge in [0.25, 0.3) is 0 Å². The average molecular weight is 315 g/mol. The molecule has 0 aliphatic rings. The van der Waals surface area contributed by atoms with Crippen LogP contribution in [0.5, 0.6) is 11.5 Å². The average Bonchev–Trinajstić information content (AvgIpc) is 3.23. The lowest BCUT2D eigenvalue weighted by Crippen LogP contribution is -1.98. The monoisotopic (exact) mass is 315 g/mol. The number of nitrogens with zero attached hydrogens (tertiary/aromatic N) is 1. The van der Waals surface area contributed by atoms with Gasteiger partial charge in [-0.1, -0.05) is 0 Å². The molecule has 2 aromatic heterocycles. The van der Waals surface area contributed by atoms with Crippen LogP contribution in [0.15, 0.2) is 46.4 Å². The summed E-state index contributed by atoms with van der Waals surface area (Å²) in [6, 6.07) is 8.72. The van der Waals surface area contributed by atoms with E-state index in [2.05, 4.69) is 4.98 Å². The Balaban J connectivity index is 1.71. The van der Waals surface area contributed by atoms with Gasteiger partial charge in [-0.05, 0) is 30.3 Å². The Labute approximate surface area is 131 Å². The van der Waals surface area contributed by atoms with Crippen LogP contribution in [0.4, 0.5) is 0 Å². The second-order valence-electron chi connectivity index (χ2n) is 4.44. The van der Waals surface area contributed by atoms with Crippen molar-refractivity contribution in [3.05, 3.63) is 53.2 Å². The normalized spacial score (nSPS) is 10.4. The zero-order valence-corrected chi connectivity index (χ0v) is 12.6. The summed E-state index contributed by atoms with van der Waals surface area (Å²) in [5.74, 6) is 1.83. The molecule has 6 heteroatoms. The van der Waals surface area contributed by atoms with Crippen LogP contribution < -0.4 is 9.47 Å². The van der Waals surface area contributed by atoms with Crippen LogP contribution in [0.1, 0.15) is 16.1 Å². The Morgan fingerprint density at radius 1 is 1.32 bits per heavy atom. The van der Waals surface area contributed by atoms with Gasteiger partial charge in [-0.2, -0.15) is 0 Å². The molecule has 3 rings (SSSR count). The van der Waals surface area contributed by atoms with E-state index in [1.54, 1.807) is 24.5 Å². The standard InChI is InChI=1S/C16H13NO4S/c1-19-15-7-11(8-18)4-5-13(15)21-9-12-10-22-16(17-12)14-3-2-6-20-14/h2-8,10H,9H2,1H3. The molecule has 1 aromatic carbocycles. The summed E-state index contributed by atoms with van der Waals surface area (Å²) in [4.78, 5) is 15.2. The minimum absolute atomic E-state index is 0.313. The van der Waals surface area contributed by atoms with Crippen molar-refractivity contribution < 1.29 is 18.7 Å². The minimum atomic E-state index is 0.313. The maximum absolute atomic E-state index is 10.8. The van der Waals surface area contributed by atoms with Gasteiger partial charge in [0, 0.05) is 10.9 Å². The third-order valence-electron chi connectivity index (χ3n) is 2.98. The third-order valence-corrected chi connectivity index (χ3v) is 3.89. The summed E-state index contributed by atoms with van der Waals surface area (Å²) in [6.07, 6.45) is 2.38. The van der Waals surface area contributed by atoms with E-state index in [1.807, 2.05) is 17.5 Å². The largest absolute Gasteiger partial charge is 0.493 e. The molecule has 5 nitrogen and oxygen atoms in total. The van der Waals surface area contributed by atoms with Gasteiger partial charge < -0.3 is 13.9 Å². The van der Waals surface area contributed by atoms with Gasteiger partial charge in [-0.25, -0.2) is 4.98 Å². The van der Waals surface area contributed by atoms with Crippen LogP contribution in [-0.4, -0.2) is 18.4 Å². The van der Waals surface area contributed by atoms with Crippen LogP contribution in [0.2, 0.25) is 0 Å². The van der Waals surface area contributed by atoms with E-state index in [0.717, 1.165) is 22.7 Å². The lowest BCUT2D eigenvalue weighted by molar-refractivity contribution is 0.112. The van der Waals surface area contributed by atoms with Gasteiger partial charge in [0.1, 0.15) is 12.9 Å². The first-order valence-electron chi connectivity index (χ1n) is 6.54. The number of benzene rings is 1. The Morgan fingerprint density at radius 3 is 2.95 bits per heavy atom. The summed E-state index contributed by atoms with van der Waals surface area (Å²) in [5.41, 5.74) is 1.34. The minimum Gasteiger partial charge on any atom is -0.493 e. The van der Waals surface area contributed by atoms with E-state index < -0.39 is 0 Å².